The molecule has 0 aromatic heterocycles. The summed E-state index contributed by atoms with van der Waals surface area (Å²) < 4.78 is 51.4. The van der Waals surface area contributed by atoms with E-state index in [1.807, 2.05) is 13.8 Å². The molecule has 1 aliphatic rings. The SMILES string of the molecule is COc1ccc(C(=O)OCC(=O)c2ccc(F)cc2)cc1S(=O)(=O)N1CC(C)CC(C)C1. The summed E-state index contributed by atoms with van der Waals surface area (Å²) in [5, 5.41) is 0. The summed E-state index contributed by atoms with van der Waals surface area (Å²) in [6.07, 6.45) is 0.942. The van der Waals surface area contributed by atoms with Crippen LogP contribution in [0.4, 0.5) is 4.39 Å². The summed E-state index contributed by atoms with van der Waals surface area (Å²) in [6.45, 7) is 4.22. The molecule has 2 aromatic rings. The van der Waals surface area contributed by atoms with Crippen LogP contribution in [0.2, 0.25) is 0 Å². The zero-order chi connectivity index (χ0) is 23.5. The van der Waals surface area contributed by atoms with Crippen molar-refractivity contribution in [2.75, 3.05) is 26.8 Å². The zero-order valence-electron chi connectivity index (χ0n) is 18.2. The smallest absolute Gasteiger partial charge is 0.338 e. The molecule has 1 fully saturated rings. The Balaban J connectivity index is 1.80. The van der Waals surface area contributed by atoms with Crippen LogP contribution in [0, 0.1) is 17.7 Å². The van der Waals surface area contributed by atoms with Gasteiger partial charge in [0.1, 0.15) is 16.5 Å². The van der Waals surface area contributed by atoms with Crippen LogP contribution in [0.1, 0.15) is 41.0 Å². The van der Waals surface area contributed by atoms with E-state index >= 15 is 0 Å². The number of hydrogen-bond acceptors (Lipinski definition) is 6. The fraction of sp³-hybridized carbons (Fsp3) is 0.391. The largest absolute Gasteiger partial charge is 0.495 e. The van der Waals surface area contributed by atoms with E-state index in [1.54, 1.807) is 0 Å². The van der Waals surface area contributed by atoms with Gasteiger partial charge in [-0.3, -0.25) is 4.79 Å². The van der Waals surface area contributed by atoms with Gasteiger partial charge in [-0.2, -0.15) is 4.31 Å². The molecule has 0 aliphatic carbocycles. The predicted molar refractivity (Wildman–Crippen MR) is 116 cm³/mol. The molecule has 32 heavy (non-hydrogen) atoms. The number of rotatable bonds is 7. The van der Waals surface area contributed by atoms with E-state index in [0.717, 1.165) is 18.6 Å². The van der Waals surface area contributed by atoms with E-state index in [4.69, 9.17) is 9.47 Å². The van der Waals surface area contributed by atoms with Gasteiger partial charge in [0.25, 0.3) is 0 Å². The van der Waals surface area contributed by atoms with Crippen molar-refractivity contribution >= 4 is 21.8 Å². The lowest BCUT2D eigenvalue weighted by atomic mass is 9.94. The van der Waals surface area contributed by atoms with E-state index in [-0.39, 0.29) is 33.6 Å². The van der Waals surface area contributed by atoms with Crippen molar-refractivity contribution in [2.24, 2.45) is 11.8 Å². The van der Waals surface area contributed by atoms with Crippen molar-refractivity contribution in [1.29, 1.82) is 0 Å². The highest BCUT2D eigenvalue weighted by molar-refractivity contribution is 7.89. The van der Waals surface area contributed by atoms with Gasteiger partial charge in [0.2, 0.25) is 10.0 Å². The number of ketones is 1. The van der Waals surface area contributed by atoms with E-state index in [0.29, 0.717) is 13.1 Å². The van der Waals surface area contributed by atoms with Crippen molar-refractivity contribution < 1.29 is 31.9 Å². The maximum Gasteiger partial charge on any atom is 0.338 e. The number of benzene rings is 2. The molecule has 2 atom stereocenters. The van der Waals surface area contributed by atoms with Gasteiger partial charge in [-0.15, -0.1) is 0 Å². The van der Waals surface area contributed by atoms with Crippen LogP contribution in [0.5, 0.6) is 5.75 Å². The summed E-state index contributed by atoms with van der Waals surface area (Å²) in [6, 6.07) is 8.85. The van der Waals surface area contributed by atoms with Crippen molar-refractivity contribution in [1.82, 2.24) is 4.31 Å². The number of esters is 1. The topological polar surface area (TPSA) is 90.0 Å². The first-order valence-electron chi connectivity index (χ1n) is 10.3. The standard InChI is InChI=1S/C23H26FNO6S/c1-15-10-16(2)13-25(12-15)32(28,29)22-11-18(6-9-21(22)30-3)23(27)31-14-20(26)17-4-7-19(24)8-5-17/h4-9,11,15-16H,10,12-14H2,1-3H3. The number of Topliss-reactive ketones (excluding diaryl/α,β-unsaturated/α-hetero) is 1. The predicted octanol–water partition coefficient (Wildman–Crippen LogP) is 3.54. The molecule has 2 unspecified atom stereocenters. The minimum atomic E-state index is -3.91. The normalized spacial score (nSPS) is 19.4. The molecule has 0 amide bonds. The van der Waals surface area contributed by atoms with E-state index in [9.17, 15) is 22.4 Å². The number of nitrogens with zero attached hydrogens (tertiary/aromatic N) is 1. The Morgan fingerprint density at radius 3 is 2.22 bits per heavy atom. The van der Waals surface area contributed by atoms with Crippen LogP contribution in [0.15, 0.2) is 47.4 Å². The third kappa shape index (κ3) is 5.34. The molecule has 7 nitrogen and oxygen atoms in total. The number of hydrogen-bond donors (Lipinski definition) is 0. The maximum absolute atomic E-state index is 13.3. The Morgan fingerprint density at radius 1 is 1.03 bits per heavy atom. The second-order valence-electron chi connectivity index (χ2n) is 8.14. The zero-order valence-corrected chi connectivity index (χ0v) is 19.0. The monoisotopic (exact) mass is 463 g/mol. The van der Waals surface area contributed by atoms with E-state index in [1.165, 1.54) is 41.7 Å². The molecule has 0 spiro atoms. The van der Waals surface area contributed by atoms with E-state index in [2.05, 4.69) is 0 Å². The third-order valence-electron chi connectivity index (χ3n) is 5.35. The number of sulfonamides is 1. The highest BCUT2D eigenvalue weighted by Gasteiger charge is 2.34. The molecule has 3 rings (SSSR count). The molecule has 0 N–H and O–H groups in total. The van der Waals surface area contributed by atoms with Crippen LogP contribution in [0.3, 0.4) is 0 Å². The Morgan fingerprint density at radius 2 is 1.62 bits per heavy atom. The lowest BCUT2D eigenvalue weighted by Crippen LogP contribution is -2.42. The van der Waals surface area contributed by atoms with Crippen molar-refractivity contribution in [3.63, 3.8) is 0 Å². The second-order valence-corrected chi connectivity index (χ2v) is 10.0. The Bertz CT molecular complexity index is 1090. The van der Waals surface area contributed by atoms with Gasteiger partial charge in [-0.1, -0.05) is 13.8 Å². The molecule has 2 aromatic carbocycles. The highest BCUT2D eigenvalue weighted by atomic mass is 32.2. The molecular formula is C23H26FNO6S. The van der Waals surface area contributed by atoms with Gasteiger partial charge in [0.15, 0.2) is 12.4 Å². The number of carbonyl (C=O) groups is 2. The fourth-order valence-electron chi connectivity index (χ4n) is 3.88. The fourth-order valence-corrected chi connectivity index (χ4v) is 5.74. The molecule has 0 saturated carbocycles. The molecule has 1 heterocycles. The maximum atomic E-state index is 13.3. The minimum Gasteiger partial charge on any atom is -0.495 e. The average molecular weight is 464 g/mol. The molecule has 0 bridgehead atoms. The van der Waals surface area contributed by atoms with Gasteiger partial charge < -0.3 is 9.47 Å². The first-order chi connectivity index (χ1) is 15.1. The van der Waals surface area contributed by atoms with Crippen LogP contribution in [-0.4, -0.2) is 51.3 Å². The lowest BCUT2D eigenvalue weighted by Gasteiger charge is -2.34. The average Bonchev–Trinajstić information content (AvgIpc) is 2.76. The van der Waals surface area contributed by atoms with Crippen molar-refractivity contribution in [3.8, 4) is 5.75 Å². The molecule has 0 radical (unpaired) electrons. The Kier molecular flexibility index (Phi) is 7.30. The summed E-state index contributed by atoms with van der Waals surface area (Å²) in [4.78, 5) is 24.5. The quantitative estimate of drug-likeness (QED) is 0.461. The number of piperidine rings is 1. The summed E-state index contributed by atoms with van der Waals surface area (Å²) in [7, 11) is -2.55. The first kappa shape index (κ1) is 23.9. The van der Waals surface area contributed by atoms with Crippen molar-refractivity contribution in [3.05, 3.63) is 59.4 Å². The third-order valence-corrected chi connectivity index (χ3v) is 7.21. The van der Waals surface area contributed by atoms with Gasteiger partial charge in [0.05, 0.1) is 12.7 Å². The second kappa shape index (κ2) is 9.79. The summed E-state index contributed by atoms with van der Waals surface area (Å²) >= 11 is 0. The van der Waals surface area contributed by atoms with Crippen LogP contribution < -0.4 is 4.74 Å². The van der Waals surface area contributed by atoms with Gasteiger partial charge in [0, 0.05) is 18.7 Å². The lowest BCUT2D eigenvalue weighted by molar-refractivity contribution is 0.0474. The summed E-state index contributed by atoms with van der Waals surface area (Å²) in [5.74, 6) is -1.29. The molecule has 1 aliphatic heterocycles. The highest BCUT2D eigenvalue weighted by Crippen LogP contribution is 2.32. The van der Waals surface area contributed by atoms with Crippen molar-refractivity contribution in [2.45, 2.75) is 25.2 Å². The van der Waals surface area contributed by atoms with Gasteiger partial charge in [-0.25, -0.2) is 17.6 Å². The minimum absolute atomic E-state index is 0.0191. The van der Waals surface area contributed by atoms with Gasteiger partial charge in [-0.05, 0) is 60.7 Å². The summed E-state index contributed by atoms with van der Waals surface area (Å²) in [5.41, 5.74) is 0.180. The molecular weight excluding hydrogens is 437 g/mol. The Hall–Kier alpha value is -2.78. The van der Waals surface area contributed by atoms with Crippen LogP contribution in [0.25, 0.3) is 0 Å². The number of carbonyl (C=O) groups excluding carboxylic acids is 2. The molecule has 172 valence electrons. The van der Waals surface area contributed by atoms with Crippen LogP contribution in [-0.2, 0) is 14.8 Å². The number of halogens is 1. The number of ether oxygens (including phenoxy) is 2. The number of methoxy groups -OCH3 is 1. The molecule has 9 heteroatoms. The van der Waals surface area contributed by atoms with Gasteiger partial charge >= 0.3 is 5.97 Å². The molecule has 1 saturated heterocycles. The van der Waals surface area contributed by atoms with E-state index < -0.39 is 34.2 Å². The first-order valence-corrected chi connectivity index (χ1v) is 11.7. The Labute approximate surface area is 187 Å². The van der Waals surface area contributed by atoms with Crippen LogP contribution >= 0.6 is 0 Å².